The smallest absolute Gasteiger partial charge is 0.419 e. The summed E-state index contributed by atoms with van der Waals surface area (Å²) in [6.07, 6.45) is 2.13. The first-order valence-electron chi connectivity index (χ1n) is 11.1. The van der Waals surface area contributed by atoms with E-state index in [4.69, 9.17) is 14.6 Å². The van der Waals surface area contributed by atoms with Crippen LogP contribution < -0.4 is 9.64 Å². The molecule has 0 aliphatic heterocycles. The number of ether oxygens (including phenoxy) is 2. The maximum absolute atomic E-state index is 13.3. The minimum Gasteiger partial charge on any atom is -0.481 e. The average Bonchev–Trinajstić information content (AvgIpc) is 3.02. The molecule has 0 fully saturated rings. The number of amides is 1. The van der Waals surface area contributed by atoms with E-state index in [1.165, 1.54) is 0 Å². The van der Waals surface area contributed by atoms with Gasteiger partial charge in [-0.15, -0.1) is 0 Å². The molecule has 0 saturated carbocycles. The number of aryl methyl sites for hydroxylation is 1. The lowest BCUT2D eigenvalue weighted by Crippen LogP contribution is -2.31. The number of anilines is 2. The van der Waals surface area contributed by atoms with Gasteiger partial charge in [0.05, 0.1) is 11.4 Å². The summed E-state index contributed by atoms with van der Waals surface area (Å²) in [7, 11) is 0. The molecule has 6 heteroatoms. The maximum Gasteiger partial charge on any atom is 0.419 e. The van der Waals surface area contributed by atoms with Crippen LogP contribution in [0.5, 0.6) is 5.75 Å². The van der Waals surface area contributed by atoms with Crippen molar-refractivity contribution < 1.29 is 24.2 Å². The van der Waals surface area contributed by atoms with E-state index in [1.807, 2.05) is 79.7 Å². The first kappa shape index (κ1) is 22.4. The molecule has 1 aliphatic carbocycles. The molecule has 4 rings (SSSR count). The number of hydrogen-bond donors (Lipinski definition) is 1. The molecule has 1 atom stereocenters. The average molecular weight is 446 g/mol. The Morgan fingerprint density at radius 2 is 1.61 bits per heavy atom. The minimum atomic E-state index is -1.01. The summed E-state index contributed by atoms with van der Waals surface area (Å²) in [5.41, 5.74) is 4.43. The summed E-state index contributed by atoms with van der Waals surface area (Å²) >= 11 is 0. The lowest BCUT2D eigenvalue weighted by molar-refractivity contribution is -0.139. The number of carboxylic acids is 1. The van der Waals surface area contributed by atoms with Gasteiger partial charge in [0, 0.05) is 6.42 Å². The third kappa shape index (κ3) is 5.34. The van der Waals surface area contributed by atoms with Gasteiger partial charge in [0.2, 0.25) is 0 Å². The van der Waals surface area contributed by atoms with Crippen molar-refractivity contribution in [2.75, 3.05) is 11.5 Å². The van der Waals surface area contributed by atoms with Gasteiger partial charge in [-0.05, 0) is 67.1 Å². The van der Waals surface area contributed by atoms with Gasteiger partial charge in [-0.2, -0.15) is 0 Å². The second-order valence-corrected chi connectivity index (χ2v) is 8.14. The van der Waals surface area contributed by atoms with Gasteiger partial charge in [0.1, 0.15) is 11.9 Å². The topological polar surface area (TPSA) is 76.1 Å². The van der Waals surface area contributed by atoms with Crippen LogP contribution in [-0.4, -0.2) is 29.9 Å². The Labute approximate surface area is 193 Å². The standard InChI is InChI=1S/C27H27NO5/c1-19-15-16-20-17-23(13-8-14-24(20)26(19)32-18-25(29)30)33-27(31)28(21-9-4-2-5-10-21)22-11-6-3-7-12-22/h2-7,9-12,15-16,23H,8,13-14,17-18H2,1H3,(H,29,30). The van der Waals surface area contributed by atoms with Gasteiger partial charge in [-0.3, -0.25) is 0 Å². The largest absolute Gasteiger partial charge is 0.481 e. The van der Waals surface area contributed by atoms with Gasteiger partial charge in [0.15, 0.2) is 6.61 Å². The Bertz CT molecular complexity index is 1070. The molecule has 3 aromatic rings. The van der Waals surface area contributed by atoms with Crippen LogP contribution in [0.25, 0.3) is 0 Å². The number of benzene rings is 3. The first-order valence-corrected chi connectivity index (χ1v) is 11.1. The minimum absolute atomic E-state index is 0.288. The molecule has 0 saturated heterocycles. The molecule has 1 aliphatic rings. The second-order valence-electron chi connectivity index (χ2n) is 8.14. The Kier molecular flexibility index (Phi) is 6.93. The van der Waals surface area contributed by atoms with Crippen molar-refractivity contribution in [3.05, 3.63) is 89.5 Å². The summed E-state index contributed by atoms with van der Waals surface area (Å²) in [6, 6.07) is 22.9. The predicted molar refractivity (Wildman–Crippen MR) is 126 cm³/mol. The van der Waals surface area contributed by atoms with Crippen LogP contribution in [-0.2, 0) is 22.4 Å². The third-order valence-electron chi connectivity index (χ3n) is 5.77. The molecule has 1 N–H and O–H groups in total. The molecule has 0 aromatic heterocycles. The van der Waals surface area contributed by atoms with E-state index in [0.717, 1.165) is 47.3 Å². The Morgan fingerprint density at radius 1 is 0.970 bits per heavy atom. The van der Waals surface area contributed by atoms with Gasteiger partial charge < -0.3 is 14.6 Å². The zero-order valence-corrected chi connectivity index (χ0v) is 18.6. The second kappa shape index (κ2) is 10.2. The summed E-state index contributed by atoms with van der Waals surface area (Å²) in [5, 5.41) is 9.02. The van der Waals surface area contributed by atoms with Gasteiger partial charge in [-0.25, -0.2) is 14.5 Å². The van der Waals surface area contributed by atoms with Gasteiger partial charge in [0.25, 0.3) is 0 Å². The van der Waals surface area contributed by atoms with Crippen LogP contribution >= 0.6 is 0 Å². The predicted octanol–water partition coefficient (Wildman–Crippen LogP) is 5.68. The number of para-hydroxylation sites is 2. The molecule has 1 amide bonds. The Morgan fingerprint density at radius 3 is 2.21 bits per heavy atom. The number of rotatable bonds is 6. The van der Waals surface area contributed by atoms with E-state index >= 15 is 0 Å². The van der Waals surface area contributed by atoms with E-state index in [-0.39, 0.29) is 12.7 Å². The van der Waals surface area contributed by atoms with Crippen LogP contribution in [0.2, 0.25) is 0 Å². The van der Waals surface area contributed by atoms with Crippen molar-refractivity contribution >= 4 is 23.4 Å². The van der Waals surface area contributed by atoms with Crippen molar-refractivity contribution in [2.24, 2.45) is 0 Å². The molecule has 0 bridgehead atoms. The molecule has 1 unspecified atom stereocenters. The van der Waals surface area contributed by atoms with Crippen molar-refractivity contribution in [3.63, 3.8) is 0 Å². The van der Waals surface area contributed by atoms with E-state index in [0.29, 0.717) is 12.2 Å². The van der Waals surface area contributed by atoms with Gasteiger partial charge >= 0.3 is 12.1 Å². The Hall–Kier alpha value is -3.80. The molecule has 6 nitrogen and oxygen atoms in total. The number of hydrogen-bond acceptors (Lipinski definition) is 4. The summed E-state index contributed by atoms with van der Waals surface area (Å²) in [6.45, 7) is 1.54. The highest BCUT2D eigenvalue weighted by molar-refractivity contribution is 5.96. The molecular weight excluding hydrogens is 418 g/mol. The lowest BCUT2D eigenvalue weighted by Gasteiger charge is -2.25. The molecule has 0 heterocycles. The van der Waals surface area contributed by atoms with Crippen molar-refractivity contribution in [1.82, 2.24) is 0 Å². The molecular formula is C27H27NO5. The number of carbonyl (C=O) groups is 2. The Balaban J connectivity index is 1.56. The number of nitrogens with zero attached hydrogens (tertiary/aromatic N) is 1. The summed E-state index contributed by atoms with van der Waals surface area (Å²) in [4.78, 5) is 25.9. The van der Waals surface area contributed by atoms with Crippen LogP contribution in [0.4, 0.5) is 16.2 Å². The van der Waals surface area contributed by atoms with Crippen molar-refractivity contribution in [2.45, 2.75) is 38.7 Å². The number of carboxylic acid groups (broad SMARTS) is 1. The zero-order valence-electron chi connectivity index (χ0n) is 18.6. The summed E-state index contributed by atoms with van der Waals surface area (Å²) < 4.78 is 11.6. The fourth-order valence-corrected chi connectivity index (χ4v) is 4.25. The van der Waals surface area contributed by atoms with E-state index in [2.05, 4.69) is 0 Å². The third-order valence-corrected chi connectivity index (χ3v) is 5.77. The SMILES string of the molecule is Cc1ccc2c(c1OCC(=O)O)CCCC(OC(=O)N(c1ccccc1)c1ccccc1)C2. The molecule has 3 aromatic carbocycles. The maximum atomic E-state index is 13.3. The normalized spacial score (nSPS) is 15.1. The van der Waals surface area contributed by atoms with Gasteiger partial charge in [-0.1, -0.05) is 48.5 Å². The van der Waals surface area contributed by atoms with Crippen molar-refractivity contribution in [3.8, 4) is 5.75 Å². The highest BCUT2D eigenvalue weighted by Gasteiger charge is 2.27. The fraction of sp³-hybridized carbons (Fsp3) is 0.259. The number of aliphatic carboxylic acids is 1. The molecule has 170 valence electrons. The van der Waals surface area contributed by atoms with E-state index < -0.39 is 12.1 Å². The first-order chi connectivity index (χ1) is 16.0. The summed E-state index contributed by atoms with van der Waals surface area (Å²) in [5.74, 6) is -0.369. The fourth-order valence-electron chi connectivity index (χ4n) is 4.25. The zero-order chi connectivity index (χ0) is 23.2. The van der Waals surface area contributed by atoms with E-state index in [9.17, 15) is 9.59 Å². The van der Waals surface area contributed by atoms with Crippen LogP contribution in [0.3, 0.4) is 0 Å². The number of fused-ring (bicyclic) bond motifs is 1. The van der Waals surface area contributed by atoms with E-state index in [1.54, 1.807) is 4.90 Å². The number of carbonyl (C=O) groups excluding carboxylic acids is 1. The molecule has 0 spiro atoms. The van der Waals surface area contributed by atoms with Crippen molar-refractivity contribution in [1.29, 1.82) is 0 Å². The molecule has 33 heavy (non-hydrogen) atoms. The van der Waals surface area contributed by atoms with Crippen LogP contribution in [0, 0.1) is 6.92 Å². The lowest BCUT2D eigenvalue weighted by atomic mass is 9.98. The molecule has 0 radical (unpaired) electrons. The monoisotopic (exact) mass is 445 g/mol. The van der Waals surface area contributed by atoms with Crippen LogP contribution in [0.15, 0.2) is 72.8 Å². The highest BCUT2D eigenvalue weighted by Crippen LogP contribution is 2.34. The quantitative estimate of drug-likeness (QED) is 0.494. The highest BCUT2D eigenvalue weighted by atomic mass is 16.6. The van der Waals surface area contributed by atoms with Crippen LogP contribution in [0.1, 0.15) is 29.5 Å².